The van der Waals surface area contributed by atoms with E-state index >= 15 is 0 Å². The van der Waals surface area contributed by atoms with Crippen molar-refractivity contribution in [3.8, 4) is 0 Å². The van der Waals surface area contributed by atoms with Crippen molar-refractivity contribution in [2.75, 3.05) is 6.54 Å². The summed E-state index contributed by atoms with van der Waals surface area (Å²) in [5.74, 6) is 0. The van der Waals surface area contributed by atoms with Gasteiger partial charge in [0.1, 0.15) is 0 Å². The molecule has 0 fully saturated rings. The number of nitrogens with one attached hydrogen (secondary N) is 3. The fourth-order valence-corrected chi connectivity index (χ4v) is 2.98. The van der Waals surface area contributed by atoms with Gasteiger partial charge in [-0.25, -0.2) is 9.97 Å². The summed E-state index contributed by atoms with van der Waals surface area (Å²) < 4.78 is 0. The van der Waals surface area contributed by atoms with Gasteiger partial charge in [0.05, 0.1) is 28.9 Å². The third-order valence-corrected chi connectivity index (χ3v) is 4.27. The molecule has 0 aliphatic carbocycles. The quantitative estimate of drug-likeness (QED) is 0.769. The number of thiazole rings is 1. The van der Waals surface area contributed by atoms with E-state index in [0.717, 1.165) is 31.7 Å². The van der Waals surface area contributed by atoms with Gasteiger partial charge in [0.2, 0.25) is 0 Å². The Morgan fingerprint density at radius 2 is 2.44 bits per heavy atom. The molecule has 0 saturated carbocycles. The molecule has 0 radical (unpaired) electrons. The predicted molar refractivity (Wildman–Crippen MR) is 71.5 cm³/mol. The zero-order chi connectivity index (χ0) is 12.4. The molecule has 0 bridgehead atoms. The Morgan fingerprint density at radius 1 is 1.50 bits per heavy atom. The van der Waals surface area contributed by atoms with Crippen LogP contribution in [0.4, 0.5) is 0 Å². The van der Waals surface area contributed by atoms with Crippen LogP contribution in [0.25, 0.3) is 0 Å². The Bertz CT molecular complexity index is 518. The van der Waals surface area contributed by atoms with Gasteiger partial charge < -0.3 is 15.6 Å². The molecule has 96 valence electrons. The molecular formula is C12H17N5S. The summed E-state index contributed by atoms with van der Waals surface area (Å²) in [5, 5.41) is 7.00. The van der Waals surface area contributed by atoms with Gasteiger partial charge >= 0.3 is 0 Å². The minimum atomic E-state index is 0.467. The molecule has 5 nitrogen and oxygen atoms in total. The average molecular weight is 263 g/mol. The van der Waals surface area contributed by atoms with E-state index in [4.69, 9.17) is 0 Å². The van der Waals surface area contributed by atoms with Crippen LogP contribution in [0.1, 0.15) is 22.0 Å². The van der Waals surface area contributed by atoms with Crippen molar-refractivity contribution >= 4 is 11.3 Å². The molecule has 0 amide bonds. The standard InChI is InChI=1S/C12H17N5S/c1-8-12(18-7-17-8)5-13-3-9-2-10-11(4-14-9)16-6-15-10/h6-7,9,13-14H,2-5H2,1H3,(H,15,16). The Hall–Kier alpha value is -1.24. The van der Waals surface area contributed by atoms with Gasteiger partial charge in [-0.15, -0.1) is 11.3 Å². The minimum Gasteiger partial charge on any atom is -0.347 e. The number of nitrogens with zero attached hydrogens (tertiary/aromatic N) is 2. The first kappa shape index (κ1) is 11.8. The third-order valence-electron chi connectivity index (χ3n) is 3.34. The van der Waals surface area contributed by atoms with Crippen molar-refractivity contribution in [2.24, 2.45) is 0 Å². The number of H-pyrrole nitrogens is 1. The Labute approximate surface area is 110 Å². The summed E-state index contributed by atoms with van der Waals surface area (Å²) in [5.41, 5.74) is 5.47. The lowest BCUT2D eigenvalue weighted by molar-refractivity contribution is 0.441. The molecule has 1 atom stereocenters. The van der Waals surface area contributed by atoms with Gasteiger partial charge in [-0.2, -0.15) is 0 Å². The molecule has 18 heavy (non-hydrogen) atoms. The lowest BCUT2D eigenvalue weighted by Gasteiger charge is -2.23. The largest absolute Gasteiger partial charge is 0.347 e. The molecule has 0 aromatic carbocycles. The zero-order valence-electron chi connectivity index (χ0n) is 10.4. The summed E-state index contributed by atoms with van der Waals surface area (Å²) in [6, 6.07) is 0.467. The van der Waals surface area contributed by atoms with Crippen LogP contribution < -0.4 is 10.6 Å². The Kier molecular flexibility index (Phi) is 3.40. The first-order valence-electron chi connectivity index (χ1n) is 6.17. The lowest BCUT2D eigenvalue weighted by atomic mass is 10.1. The van der Waals surface area contributed by atoms with Crippen LogP contribution in [0.3, 0.4) is 0 Å². The van der Waals surface area contributed by atoms with E-state index in [2.05, 4.69) is 32.5 Å². The maximum Gasteiger partial charge on any atom is 0.0925 e. The molecule has 3 N–H and O–H groups in total. The summed E-state index contributed by atoms with van der Waals surface area (Å²) in [6.07, 6.45) is 2.77. The number of imidazole rings is 1. The number of aryl methyl sites for hydroxylation is 1. The monoisotopic (exact) mass is 263 g/mol. The minimum absolute atomic E-state index is 0.467. The van der Waals surface area contributed by atoms with Crippen molar-refractivity contribution in [1.29, 1.82) is 0 Å². The summed E-state index contributed by atoms with van der Waals surface area (Å²) in [4.78, 5) is 13.1. The summed E-state index contributed by atoms with van der Waals surface area (Å²) in [6.45, 7) is 4.81. The fraction of sp³-hybridized carbons (Fsp3) is 0.500. The first-order chi connectivity index (χ1) is 8.83. The van der Waals surface area contributed by atoms with Crippen molar-refractivity contribution in [3.05, 3.63) is 33.8 Å². The lowest BCUT2D eigenvalue weighted by Crippen LogP contribution is -2.42. The highest BCUT2D eigenvalue weighted by atomic mass is 32.1. The van der Waals surface area contributed by atoms with E-state index in [0.29, 0.717) is 6.04 Å². The predicted octanol–water partition coefficient (Wildman–Crippen LogP) is 0.979. The number of aromatic amines is 1. The van der Waals surface area contributed by atoms with E-state index in [1.165, 1.54) is 16.3 Å². The highest BCUT2D eigenvalue weighted by Gasteiger charge is 2.19. The van der Waals surface area contributed by atoms with Crippen LogP contribution in [-0.2, 0) is 19.5 Å². The van der Waals surface area contributed by atoms with E-state index in [1.54, 1.807) is 17.7 Å². The molecule has 2 aromatic heterocycles. The number of hydrogen-bond acceptors (Lipinski definition) is 5. The Morgan fingerprint density at radius 3 is 3.28 bits per heavy atom. The van der Waals surface area contributed by atoms with Crippen LogP contribution >= 0.6 is 11.3 Å². The van der Waals surface area contributed by atoms with Crippen molar-refractivity contribution in [2.45, 2.75) is 32.5 Å². The van der Waals surface area contributed by atoms with E-state index in [9.17, 15) is 0 Å². The highest BCUT2D eigenvalue weighted by Crippen LogP contribution is 2.13. The number of fused-ring (bicyclic) bond motifs is 1. The molecular weight excluding hydrogens is 246 g/mol. The number of hydrogen-bond donors (Lipinski definition) is 3. The molecule has 3 rings (SSSR count). The fourth-order valence-electron chi connectivity index (χ4n) is 2.23. The zero-order valence-corrected chi connectivity index (χ0v) is 11.2. The normalized spacial score (nSPS) is 18.8. The molecule has 0 saturated heterocycles. The molecule has 6 heteroatoms. The average Bonchev–Trinajstić information content (AvgIpc) is 2.98. The van der Waals surface area contributed by atoms with Gasteiger partial charge in [0.25, 0.3) is 0 Å². The topological polar surface area (TPSA) is 65.6 Å². The van der Waals surface area contributed by atoms with Crippen molar-refractivity contribution in [1.82, 2.24) is 25.6 Å². The van der Waals surface area contributed by atoms with Gasteiger partial charge in [-0.1, -0.05) is 0 Å². The van der Waals surface area contributed by atoms with Gasteiger partial charge in [0, 0.05) is 37.0 Å². The first-order valence-corrected chi connectivity index (χ1v) is 7.05. The molecule has 0 spiro atoms. The van der Waals surface area contributed by atoms with Crippen molar-refractivity contribution in [3.63, 3.8) is 0 Å². The maximum absolute atomic E-state index is 4.35. The second kappa shape index (κ2) is 5.17. The number of aromatic nitrogens is 3. The summed E-state index contributed by atoms with van der Waals surface area (Å²) >= 11 is 1.71. The van der Waals surface area contributed by atoms with Gasteiger partial charge in [-0.3, -0.25) is 0 Å². The van der Waals surface area contributed by atoms with Crippen LogP contribution in [0.2, 0.25) is 0 Å². The van der Waals surface area contributed by atoms with Crippen LogP contribution in [0, 0.1) is 6.92 Å². The molecule has 3 heterocycles. The Balaban J connectivity index is 1.49. The van der Waals surface area contributed by atoms with Crippen LogP contribution in [0.5, 0.6) is 0 Å². The second-order valence-corrected chi connectivity index (χ2v) is 5.54. The molecule has 1 aliphatic heterocycles. The third kappa shape index (κ3) is 2.45. The van der Waals surface area contributed by atoms with E-state index in [1.807, 2.05) is 5.51 Å². The second-order valence-electron chi connectivity index (χ2n) is 4.60. The van der Waals surface area contributed by atoms with Gasteiger partial charge in [-0.05, 0) is 6.92 Å². The van der Waals surface area contributed by atoms with Crippen LogP contribution in [-0.4, -0.2) is 27.5 Å². The number of rotatable bonds is 4. The smallest absolute Gasteiger partial charge is 0.0925 e. The molecule has 2 aromatic rings. The summed E-state index contributed by atoms with van der Waals surface area (Å²) in [7, 11) is 0. The molecule has 1 unspecified atom stereocenters. The van der Waals surface area contributed by atoms with Gasteiger partial charge in [0.15, 0.2) is 0 Å². The highest BCUT2D eigenvalue weighted by molar-refractivity contribution is 7.09. The molecule has 1 aliphatic rings. The van der Waals surface area contributed by atoms with Crippen molar-refractivity contribution < 1.29 is 0 Å². The SMILES string of the molecule is Cc1ncsc1CNCC1Cc2nc[nH]c2CN1. The maximum atomic E-state index is 4.35. The van der Waals surface area contributed by atoms with E-state index in [-0.39, 0.29) is 0 Å². The van der Waals surface area contributed by atoms with E-state index < -0.39 is 0 Å². The van der Waals surface area contributed by atoms with Crippen LogP contribution in [0.15, 0.2) is 11.8 Å².